The lowest BCUT2D eigenvalue weighted by atomic mass is 10.1. The Balaban J connectivity index is 1.38. The summed E-state index contributed by atoms with van der Waals surface area (Å²) in [6.07, 6.45) is 1.48. The van der Waals surface area contributed by atoms with Gasteiger partial charge in [-0.1, -0.05) is 18.2 Å². The van der Waals surface area contributed by atoms with Gasteiger partial charge < -0.3 is 14.5 Å². The molecule has 1 aliphatic heterocycles. The molecule has 1 aromatic heterocycles. The van der Waals surface area contributed by atoms with Crippen molar-refractivity contribution in [1.29, 1.82) is 0 Å². The van der Waals surface area contributed by atoms with E-state index >= 15 is 0 Å². The lowest BCUT2D eigenvalue weighted by Crippen LogP contribution is -2.29. The molecule has 1 aliphatic rings. The summed E-state index contributed by atoms with van der Waals surface area (Å²) < 4.78 is 10.8. The molecule has 0 spiro atoms. The predicted octanol–water partition coefficient (Wildman–Crippen LogP) is 2.88. The predicted molar refractivity (Wildman–Crippen MR) is 104 cm³/mol. The standard InChI is InChI=1S/C22H18N2O5/c25-20(23-10-12-29-16-5-2-1-3-6-16)15-8-9-18-19(13-15)22(27)24(21(18)26)14-17-7-4-11-28-17/h1-9,11,13H,10,12,14H2,(H,23,25). The molecule has 0 aliphatic carbocycles. The summed E-state index contributed by atoms with van der Waals surface area (Å²) in [7, 11) is 0. The number of hydrogen-bond acceptors (Lipinski definition) is 5. The topological polar surface area (TPSA) is 88.8 Å². The molecule has 0 saturated carbocycles. The molecule has 29 heavy (non-hydrogen) atoms. The monoisotopic (exact) mass is 390 g/mol. The van der Waals surface area contributed by atoms with Gasteiger partial charge in [0.1, 0.15) is 18.1 Å². The third-order valence-electron chi connectivity index (χ3n) is 4.53. The smallest absolute Gasteiger partial charge is 0.261 e. The van der Waals surface area contributed by atoms with Crippen molar-refractivity contribution in [2.75, 3.05) is 13.2 Å². The highest BCUT2D eigenvalue weighted by Crippen LogP contribution is 2.25. The van der Waals surface area contributed by atoms with E-state index in [1.807, 2.05) is 30.3 Å². The summed E-state index contributed by atoms with van der Waals surface area (Å²) >= 11 is 0. The number of imide groups is 1. The number of para-hydroxylation sites is 1. The van der Waals surface area contributed by atoms with E-state index in [0.29, 0.717) is 24.5 Å². The first-order chi connectivity index (χ1) is 14.1. The molecule has 2 heterocycles. The van der Waals surface area contributed by atoms with Gasteiger partial charge in [0.15, 0.2) is 0 Å². The number of nitrogens with zero attached hydrogens (tertiary/aromatic N) is 1. The van der Waals surface area contributed by atoms with Crippen LogP contribution in [0.3, 0.4) is 0 Å². The minimum Gasteiger partial charge on any atom is -0.492 e. The molecule has 1 N–H and O–H groups in total. The van der Waals surface area contributed by atoms with Gasteiger partial charge in [0.2, 0.25) is 0 Å². The molecular formula is C22H18N2O5. The van der Waals surface area contributed by atoms with Crippen molar-refractivity contribution in [3.63, 3.8) is 0 Å². The van der Waals surface area contributed by atoms with Gasteiger partial charge >= 0.3 is 0 Å². The average Bonchev–Trinajstić information content (AvgIpc) is 3.35. The van der Waals surface area contributed by atoms with Crippen LogP contribution < -0.4 is 10.1 Å². The van der Waals surface area contributed by atoms with Gasteiger partial charge in [-0.15, -0.1) is 0 Å². The van der Waals surface area contributed by atoms with E-state index in [4.69, 9.17) is 9.15 Å². The van der Waals surface area contributed by atoms with Crippen molar-refractivity contribution in [3.8, 4) is 5.75 Å². The molecule has 3 amide bonds. The lowest BCUT2D eigenvalue weighted by molar-refractivity contribution is 0.0631. The Labute approximate surface area is 166 Å². The van der Waals surface area contributed by atoms with Crippen molar-refractivity contribution in [3.05, 3.63) is 89.4 Å². The molecule has 146 valence electrons. The van der Waals surface area contributed by atoms with Crippen LogP contribution in [0.2, 0.25) is 0 Å². The molecule has 0 fully saturated rings. The Morgan fingerprint density at radius 3 is 2.52 bits per heavy atom. The van der Waals surface area contributed by atoms with Gasteiger partial charge in [0.05, 0.1) is 30.5 Å². The number of carbonyl (C=O) groups excluding carboxylic acids is 3. The number of carbonyl (C=O) groups is 3. The number of ether oxygens (including phenoxy) is 1. The fraction of sp³-hybridized carbons (Fsp3) is 0.136. The summed E-state index contributed by atoms with van der Waals surface area (Å²) in [6.45, 7) is 0.676. The first-order valence-electron chi connectivity index (χ1n) is 9.12. The molecule has 7 nitrogen and oxygen atoms in total. The van der Waals surface area contributed by atoms with Crippen molar-refractivity contribution >= 4 is 17.7 Å². The first kappa shape index (κ1) is 18.5. The van der Waals surface area contributed by atoms with Crippen LogP contribution in [0.1, 0.15) is 36.8 Å². The number of amides is 3. The summed E-state index contributed by atoms with van der Waals surface area (Å²) in [5.74, 6) is 0.0539. The van der Waals surface area contributed by atoms with E-state index in [2.05, 4.69) is 5.32 Å². The van der Waals surface area contributed by atoms with Crippen LogP contribution in [0.15, 0.2) is 71.3 Å². The van der Waals surface area contributed by atoms with Crippen LogP contribution in [0.25, 0.3) is 0 Å². The maximum Gasteiger partial charge on any atom is 0.261 e. The Morgan fingerprint density at radius 1 is 0.966 bits per heavy atom. The Bertz CT molecular complexity index is 1040. The number of furan rings is 1. The zero-order valence-electron chi connectivity index (χ0n) is 15.5. The molecule has 4 rings (SSSR count). The molecule has 0 bridgehead atoms. The summed E-state index contributed by atoms with van der Waals surface area (Å²) in [4.78, 5) is 38.6. The molecule has 0 atom stereocenters. The molecular weight excluding hydrogens is 372 g/mol. The number of rotatable bonds is 7. The summed E-state index contributed by atoms with van der Waals surface area (Å²) in [6, 6.07) is 17.2. The van der Waals surface area contributed by atoms with Gasteiger partial charge in [-0.3, -0.25) is 19.3 Å². The Hall–Kier alpha value is -3.87. The van der Waals surface area contributed by atoms with Gasteiger partial charge in [-0.05, 0) is 42.5 Å². The fourth-order valence-corrected chi connectivity index (χ4v) is 3.09. The molecule has 7 heteroatoms. The van der Waals surface area contributed by atoms with E-state index in [1.54, 1.807) is 12.1 Å². The zero-order chi connectivity index (χ0) is 20.2. The van der Waals surface area contributed by atoms with Crippen molar-refractivity contribution < 1.29 is 23.5 Å². The normalized spacial score (nSPS) is 12.8. The Kier molecular flexibility index (Phi) is 5.11. The van der Waals surface area contributed by atoms with Crippen molar-refractivity contribution in [2.45, 2.75) is 6.54 Å². The number of fused-ring (bicyclic) bond motifs is 1. The highest BCUT2D eigenvalue weighted by molar-refractivity contribution is 6.22. The minimum absolute atomic E-state index is 0.0533. The molecule has 0 saturated heterocycles. The Morgan fingerprint density at radius 2 is 1.76 bits per heavy atom. The van der Waals surface area contributed by atoms with E-state index in [-0.39, 0.29) is 23.6 Å². The van der Waals surface area contributed by atoms with E-state index in [0.717, 1.165) is 10.6 Å². The molecule has 0 unspecified atom stereocenters. The second kappa shape index (κ2) is 8.02. The minimum atomic E-state index is -0.441. The van der Waals surface area contributed by atoms with Crippen LogP contribution in [0.5, 0.6) is 5.75 Å². The third kappa shape index (κ3) is 3.89. The van der Waals surface area contributed by atoms with Crippen LogP contribution >= 0.6 is 0 Å². The van der Waals surface area contributed by atoms with E-state index in [1.165, 1.54) is 24.5 Å². The molecule has 3 aromatic rings. The first-order valence-corrected chi connectivity index (χ1v) is 9.12. The number of benzene rings is 2. The van der Waals surface area contributed by atoms with Crippen molar-refractivity contribution in [1.82, 2.24) is 10.2 Å². The average molecular weight is 390 g/mol. The van der Waals surface area contributed by atoms with Crippen LogP contribution in [0.4, 0.5) is 0 Å². The maximum absolute atomic E-state index is 12.6. The molecule has 0 radical (unpaired) electrons. The second-order valence-electron chi connectivity index (χ2n) is 6.45. The zero-order valence-corrected chi connectivity index (χ0v) is 15.5. The van der Waals surface area contributed by atoms with Gasteiger partial charge in [0, 0.05) is 5.56 Å². The SMILES string of the molecule is O=C(NCCOc1ccccc1)c1ccc2c(c1)C(=O)N(Cc1ccco1)C2=O. The van der Waals surface area contributed by atoms with Gasteiger partial charge in [-0.2, -0.15) is 0 Å². The third-order valence-corrected chi connectivity index (χ3v) is 4.53. The van der Waals surface area contributed by atoms with Crippen LogP contribution in [-0.2, 0) is 6.54 Å². The lowest BCUT2D eigenvalue weighted by Gasteiger charge is -2.11. The highest BCUT2D eigenvalue weighted by Gasteiger charge is 2.36. The largest absolute Gasteiger partial charge is 0.492 e. The van der Waals surface area contributed by atoms with Crippen LogP contribution in [0, 0.1) is 0 Å². The molecule has 2 aromatic carbocycles. The highest BCUT2D eigenvalue weighted by atomic mass is 16.5. The fourth-order valence-electron chi connectivity index (χ4n) is 3.09. The number of hydrogen-bond donors (Lipinski definition) is 1. The van der Waals surface area contributed by atoms with Crippen molar-refractivity contribution in [2.24, 2.45) is 0 Å². The maximum atomic E-state index is 12.6. The number of nitrogens with one attached hydrogen (secondary N) is 1. The van der Waals surface area contributed by atoms with E-state index < -0.39 is 11.8 Å². The van der Waals surface area contributed by atoms with Gasteiger partial charge in [0.25, 0.3) is 17.7 Å². The quantitative estimate of drug-likeness (QED) is 0.495. The second-order valence-corrected chi connectivity index (χ2v) is 6.45. The summed E-state index contributed by atoms with van der Waals surface area (Å²) in [5, 5.41) is 2.75. The van der Waals surface area contributed by atoms with E-state index in [9.17, 15) is 14.4 Å². The van der Waals surface area contributed by atoms with Gasteiger partial charge in [-0.25, -0.2) is 0 Å². The van der Waals surface area contributed by atoms with Crippen LogP contribution in [-0.4, -0.2) is 35.8 Å². The summed E-state index contributed by atoms with van der Waals surface area (Å²) in [5.41, 5.74) is 0.810.